The highest BCUT2D eigenvalue weighted by Gasteiger charge is 2.38. The minimum Gasteiger partial charge on any atom is -0.380 e. The molecule has 1 fully saturated rings. The minimum atomic E-state index is -0.659. The molecule has 0 radical (unpaired) electrons. The van der Waals surface area contributed by atoms with E-state index in [-0.39, 0.29) is 0 Å². The number of nitrogens with one attached hydrogen (secondary N) is 1. The molecule has 1 aliphatic heterocycles. The van der Waals surface area contributed by atoms with E-state index in [1.165, 1.54) is 11.3 Å². The lowest BCUT2D eigenvalue weighted by Gasteiger charge is -2.35. The number of hydrogen-bond donors (Lipinski definition) is 2. The Hall–Kier alpha value is -0.450. The van der Waals surface area contributed by atoms with Gasteiger partial charge in [-0.25, -0.2) is 4.98 Å². The highest BCUT2D eigenvalue weighted by atomic mass is 32.1. The molecule has 2 rings (SSSR count). The normalized spacial score (nSPS) is 22.1. The van der Waals surface area contributed by atoms with Crippen molar-refractivity contribution < 1.29 is 5.11 Å². The first-order valence-corrected chi connectivity index (χ1v) is 4.02. The average molecular weight is 156 g/mol. The first kappa shape index (κ1) is 6.27. The van der Waals surface area contributed by atoms with Crippen molar-refractivity contribution >= 4 is 11.3 Å². The molecule has 2 N–H and O–H groups in total. The number of nitrogens with zero attached hydrogens (tertiary/aromatic N) is 1. The van der Waals surface area contributed by atoms with E-state index in [0.717, 1.165) is 5.01 Å². The predicted molar refractivity (Wildman–Crippen MR) is 38.9 cm³/mol. The van der Waals surface area contributed by atoms with Crippen LogP contribution >= 0.6 is 11.3 Å². The molecule has 0 bridgehead atoms. The standard InChI is InChI=1S/C6H8N2OS/c9-6(3-7-4-6)5-8-1-2-10-5/h1-2,7,9H,3-4H2. The molecular weight excluding hydrogens is 148 g/mol. The average Bonchev–Trinajstić information content (AvgIpc) is 2.33. The molecule has 4 heteroatoms. The Bertz CT molecular complexity index is 218. The van der Waals surface area contributed by atoms with E-state index >= 15 is 0 Å². The topological polar surface area (TPSA) is 45.2 Å². The second-order valence-corrected chi connectivity index (χ2v) is 3.37. The van der Waals surface area contributed by atoms with E-state index in [9.17, 15) is 5.11 Å². The number of β-amino-alcohol motifs (C(OH)–C–C–N with tert-alkyl or cyclic N) is 1. The first-order valence-electron chi connectivity index (χ1n) is 3.14. The molecule has 1 saturated heterocycles. The van der Waals surface area contributed by atoms with Crippen molar-refractivity contribution in [1.29, 1.82) is 0 Å². The van der Waals surface area contributed by atoms with E-state index in [1.54, 1.807) is 6.20 Å². The van der Waals surface area contributed by atoms with E-state index in [1.807, 2.05) is 5.38 Å². The lowest BCUT2D eigenvalue weighted by atomic mass is 9.99. The second-order valence-electron chi connectivity index (χ2n) is 2.47. The highest BCUT2D eigenvalue weighted by molar-refractivity contribution is 7.09. The van der Waals surface area contributed by atoms with Gasteiger partial charge in [0.05, 0.1) is 0 Å². The molecule has 3 nitrogen and oxygen atoms in total. The van der Waals surface area contributed by atoms with E-state index < -0.39 is 5.60 Å². The maximum Gasteiger partial charge on any atom is 0.141 e. The quantitative estimate of drug-likeness (QED) is 0.598. The summed E-state index contributed by atoms with van der Waals surface area (Å²) in [7, 11) is 0. The van der Waals surface area contributed by atoms with Crippen LogP contribution in [0.4, 0.5) is 0 Å². The lowest BCUT2D eigenvalue weighted by molar-refractivity contribution is -0.0148. The van der Waals surface area contributed by atoms with Gasteiger partial charge in [-0.1, -0.05) is 0 Å². The van der Waals surface area contributed by atoms with Gasteiger partial charge in [0, 0.05) is 24.7 Å². The van der Waals surface area contributed by atoms with Gasteiger partial charge >= 0.3 is 0 Å². The van der Waals surface area contributed by atoms with E-state index in [2.05, 4.69) is 10.3 Å². The predicted octanol–water partition coefficient (Wildman–Crippen LogP) is -0.0661. The van der Waals surface area contributed by atoms with E-state index in [4.69, 9.17) is 0 Å². The Morgan fingerprint density at radius 2 is 2.50 bits per heavy atom. The van der Waals surface area contributed by atoms with Crippen LogP contribution in [0.2, 0.25) is 0 Å². The number of hydrogen-bond acceptors (Lipinski definition) is 4. The van der Waals surface area contributed by atoms with Crippen molar-refractivity contribution in [3.8, 4) is 0 Å². The third kappa shape index (κ3) is 0.767. The molecule has 0 aromatic carbocycles. The Labute approximate surface area is 62.7 Å². The molecule has 2 heterocycles. The van der Waals surface area contributed by atoms with Gasteiger partial charge in [0.2, 0.25) is 0 Å². The number of aliphatic hydroxyl groups is 1. The summed E-state index contributed by atoms with van der Waals surface area (Å²) in [4.78, 5) is 4.04. The van der Waals surface area contributed by atoms with Crippen LogP contribution in [0.3, 0.4) is 0 Å². The molecule has 0 spiro atoms. The van der Waals surface area contributed by atoms with Crippen molar-refractivity contribution in [1.82, 2.24) is 10.3 Å². The van der Waals surface area contributed by atoms with Crippen LogP contribution in [0, 0.1) is 0 Å². The maximum absolute atomic E-state index is 9.66. The van der Waals surface area contributed by atoms with Crippen LogP contribution in [-0.4, -0.2) is 23.2 Å². The lowest BCUT2D eigenvalue weighted by Crippen LogP contribution is -2.56. The Morgan fingerprint density at radius 3 is 2.90 bits per heavy atom. The van der Waals surface area contributed by atoms with Crippen LogP contribution < -0.4 is 5.32 Å². The van der Waals surface area contributed by atoms with Gasteiger partial charge in [0.15, 0.2) is 0 Å². The maximum atomic E-state index is 9.66. The third-order valence-corrected chi connectivity index (χ3v) is 2.63. The van der Waals surface area contributed by atoms with Crippen LogP contribution in [0.15, 0.2) is 11.6 Å². The summed E-state index contributed by atoms with van der Waals surface area (Å²) in [5.41, 5.74) is -0.659. The summed E-state index contributed by atoms with van der Waals surface area (Å²) in [6.45, 7) is 1.28. The van der Waals surface area contributed by atoms with Crippen molar-refractivity contribution in [2.75, 3.05) is 13.1 Å². The summed E-state index contributed by atoms with van der Waals surface area (Å²) in [5.74, 6) is 0. The van der Waals surface area contributed by atoms with Gasteiger partial charge in [0.1, 0.15) is 10.6 Å². The fraction of sp³-hybridized carbons (Fsp3) is 0.500. The number of aromatic nitrogens is 1. The summed E-state index contributed by atoms with van der Waals surface area (Å²) in [6.07, 6.45) is 1.72. The first-order chi connectivity index (χ1) is 4.81. The summed E-state index contributed by atoms with van der Waals surface area (Å²) >= 11 is 1.50. The fourth-order valence-corrected chi connectivity index (χ4v) is 1.70. The smallest absolute Gasteiger partial charge is 0.141 e. The zero-order chi connectivity index (χ0) is 7.03. The highest BCUT2D eigenvalue weighted by Crippen LogP contribution is 2.26. The van der Waals surface area contributed by atoms with E-state index in [0.29, 0.717) is 13.1 Å². The molecule has 1 aliphatic rings. The Morgan fingerprint density at radius 1 is 1.70 bits per heavy atom. The molecule has 1 aromatic heterocycles. The zero-order valence-electron chi connectivity index (χ0n) is 5.37. The Balaban J connectivity index is 2.27. The molecule has 0 atom stereocenters. The van der Waals surface area contributed by atoms with Gasteiger partial charge in [-0.15, -0.1) is 11.3 Å². The summed E-state index contributed by atoms with van der Waals surface area (Å²) < 4.78 is 0. The molecule has 0 unspecified atom stereocenters. The monoisotopic (exact) mass is 156 g/mol. The van der Waals surface area contributed by atoms with Crippen molar-refractivity contribution in [3.05, 3.63) is 16.6 Å². The number of rotatable bonds is 1. The van der Waals surface area contributed by atoms with Crippen molar-refractivity contribution in [2.45, 2.75) is 5.60 Å². The van der Waals surface area contributed by atoms with Gasteiger partial charge in [-0.05, 0) is 0 Å². The van der Waals surface area contributed by atoms with Gasteiger partial charge in [0.25, 0.3) is 0 Å². The van der Waals surface area contributed by atoms with Crippen LogP contribution in [0.1, 0.15) is 5.01 Å². The molecule has 0 saturated carbocycles. The van der Waals surface area contributed by atoms with Gasteiger partial charge in [-0.2, -0.15) is 0 Å². The van der Waals surface area contributed by atoms with Crippen molar-refractivity contribution in [2.24, 2.45) is 0 Å². The van der Waals surface area contributed by atoms with Crippen LogP contribution in [-0.2, 0) is 5.60 Å². The van der Waals surface area contributed by atoms with Crippen molar-refractivity contribution in [3.63, 3.8) is 0 Å². The van der Waals surface area contributed by atoms with Crippen LogP contribution in [0.25, 0.3) is 0 Å². The fourth-order valence-electron chi connectivity index (χ4n) is 0.966. The Kier molecular flexibility index (Phi) is 1.26. The largest absolute Gasteiger partial charge is 0.380 e. The van der Waals surface area contributed by atoms with Crippen LogP contribution in [0.5, 0.6) is 0 Å². The summed E-state index contributed by atoms with van der Waals surface area (Å²) in [6, 6.07) is 0. The molecule has 0 amide bonds. The minimum absolute atomic E-state index is 0.639. The molecule has 54 valence electrons. The summed E-state index contributed by atoms with van der Waals surface area (Å²) in [5, 5.41) is 15.4. The number of thiazole rings is 1. The molecule has 0 aliphatic carbocycles. The molecule has 1 aromatic rings. The molecule has 10 heavy (non-hydrogen) atoms. The SMILES string of the molecule is OC1(c2nccs2)CNC1. The zero-order valence-corrected chi connectivity index (χ0v) is 6.19. The van der Waals surface area contributed by atoms with Gasteiger partial charge in [-0.3, -0.25) is 0 Å². The van der Waals surface area contributed by atoms with Gasteiger partial charge < -0.3 is 10.4 Å². The third-order valence-electron chi connectivity index (χ3n) is 1.67. The molecular formula is C6H8N2OS. The second kappa shape index (κ2) is 2.02.